The number of carbonyl (C=O) groups is 11. The molecule has 13 unspecified atom stereocenters. The van der Waals surface area contributed by atoms with Gasteiger partial charge in [-0.05, 0) is 107 Å². The number of rotatable bonds is 17. The van der Waals surface area contributed by atoms with E-state index in [0.717, 1.165) is 4.90 Å². The van der Waals surface area contributed by atoms with Gasteiger partial charge in [-0.1, -0.05) is 96.4 Å². The predicted molar refractivity (Wildman–Crippen MR) is 316 cm³/mol. The van der Waals surface area contributed by atoms with E-state index in [1.165, 1.54) is 64.5 Å². The first kappa shape index (κ1) is 70.8. The van der Waals surface area contributed by atoms with Crippen LogP contribution in [0.3, 0.4) is 0 Å². The number of likely N-dealkylation sites (tertiary alicyclic amines) is 1. The fourth-order valence-corrected chi connectivity index (χ4v) is 12.8. The molecule has 0 radical (unpaired) electrons. The number of nitrogens with one attached hydrogen (secondary N) is 3. The average molecular weight is 1190 g/mol. The molecule has 476 valence electrons. The highest BCUT2D eigenvalue weighted by molar-refractivity contribution is 5.99. The molecule has 0 aliphatic carbocycles. The molecule has 4 rings (SSSR count). The second kappa shape index (κ2) is 31.1. The fourth-order valence-electron chi connectivity index (χ4n) is 12.8. The maximum Gasteiger partial charge on any atom is 0.325 e. The predicted octanol–water partition coefficient (Wildman–Crippen LogP) is 2.79. The van der Waals surface area contributed by atoms with Crippen molar-refractivity contribution >= 4 is 64.9 Å². The molecule has 0 spiro atoms. The molecule has 4 aliphatic rings. The number of Topliss-reactive ketones (excluding diaryl/α,β-unsaturated/α-hetero) is 1. The van der Waals surface area contributed by atoms with E-state index in [4.69, 9.17) is 4.74 Å². The third-order valence-corrected chi connectivity index (χ3v) is 17.4. The lowest BCUT2D eigenvalue weighted by Gasteiger charge is -2.39. The molecule has 4 aliphatic heterocycles. The Labute approximate surface area is 499 Å². The molecular formula is C61H104N10O13. The first-order valence-electron chi connectivity index (χ1n) is 30.9. The first-order valence-corrected chi connectivity index (χ1v) is 30.9. The van der Waals surface area contributed by atoms with Gasteiger partial charge in [-0.2, -0.15) is 0 Å². The van der Waals surface area contributed by atoms with E-state index in [1.807, 2.05) is 55.4 Å². The van der Waals surface area contributed by atoms with Gasteiger partial charge in [0.25, 0.3) is 0 Å². The van der Waals surface area contributed by atoms with Crippen molar-refractivity contribution in [1.82, 2.24) is 50.2 Å². The molecule has 0 saturated carbocycles. The van der Waals surface area contributed by atoms with Crippen LogP contribution in [0.5, 0.6) is 0 Å². The Morgan fingerprint density at radius 1 is 0.714 bits per heavy atom. The Morgan fingerprint density at radius 3 is 1.89 bits per heavy atom. The summed E-state index contributed by atoms with van der Waals surface area (Å²) in [5.41, 5.74) is 0. The Kier molecular flexibility index (Phi) is 26.2. The zero-order valence-corrected chi connectivity index (χ0v) is 53.8. The van der Waals surface area contributed by atoms with Crippen LogP contribution in [0, 0.1) is 41.4 Å². The largest absolute Gasteiger partial charge is 0.459 e. The van der Waals surface area contributed by atoms with Crippen LogP contribution < -0.4 is 16.0 Å². The summed E-state index contributed by atoms with van der Waals surface area (Å²) in [7, 11) is 5.81. The van der Waals surface area contributed by atoms with Gasteiger partial charge in [0, 0.05) is 47.2 Å². The number of cyclic esters (lactones) is 1. The van der Waals surface area contributed by atoms with Crippen LogP contribution in [0.1, 0.15) is 161 Å². The number of aliphatic hydroxyl groups is 1. The van der Waals surface area contributed by atoms with E-state index >= 15 is 14.4 Å². The monoisotopic (exact) mass is 1180 g/mol. The van der Waals surface area contributed by atoms with Crippen LogP contribution >= 0.6 is 0 Å². The summed E-state index contributed by atoms with van der Waals surface area (Å²) < 4.78 is 5.95. The highest BCUT2D eigenvalue weighted by Crippen LogP contribution is 2.32. The van der Waals surface area contributed by atoms with Crippen molar-refractivity contribution in [2.24, 2.45) is 41.4 Å². The smallest absolute Gasteiger partial charge is 0.325 e. The van der Waals surface area contributed by atoms with E-state index in [2.05, 4.69) is 16.0 Å². The minimum absolute atomic E-state index is 0.0197. The van der Waals surface area contributed by atoms with Crippen molar-refractivity contribution in [2.45, 2.75) is 228 Å². The van der Waals surface area contributed by atoms with Crippen molar-refractivity contribution in [1.29, 1.82) is 0 Å². The van der Waals surface area contributed by atoms with Gasteiger partial charge >= 0.3 is 5.97 Å². The van der Waals surface area contributed by atoms with E-state index < -0.39 is 150 Å². The van der Waals surface area contributed by atoms with Gasteiger partial charge < -0.3 is 55.2 Å². The molecule has 4 heterocycles. The van der Waals surface area contributed by atoms with Crippen LogP contribution in [-0.4, -0.2) is 225 Å². The lowest BCUT2D eigenvalue weighted by atomic mass is 9.97. The van der Waals surface area contributed by atoms with Gasteiger partial charge in [-0.3, -0.25) is 57.6 Å². The van der Waals surface area contributed by atoms with Crippen molar-refractivity contribution in [3.8, 4) is 0 Å². The number of ketones is 1. The number of nitrogens with zero attached hydrogens (tertiary/aromatic N) is 7. The maximum atomic E-state index is 15.3. The van der Waals surface area contributed by atoms with Gasteiger partial charge in [-0.25, -0.2) is 0 Å². The van der Waals surface area contributed by atoms with Crippen LogP contribution in [0.2, 0.25) is 0 Å². The number of aliphatic hydroxyl groups excluding tert-OH is 1. The molecule has 23 heteroatoms. The number of hydrogen-bond acceptors (Lipinski definition) is 14. The molecule has 4 saturated heterocycles. The summed E-state index contributed by atoms with van der Waals surface area (Å²) in [5.74, 6) is -8.40. The van der Waals surface area contributed by atoms with Crippen molar-refractivity contribution in [3.05, 3.63) is 0 Å². The molecule has 0 aromatic heterocycles. The topological polar surface area (TPSA) is 276 Å². The SMILES string of the molecule is CCC(=O)C(O)N(C)C(C(=O)N1CC(CC)CC1C(=O)N(C)C1C(=O)NC(CC(C)C)C(=O)N2CC(C)CC2C(=O)NC(CCC(C)C)C(=O)N(C)C(C(C)C)C(=O)N2CCCC2C(=O)N(C)C(CC(C)C)C(=O)NCC(=O)OC1C)C(C)C. The fraction of sp³-hybridized carbons (Fsp3) is 0.820. The summed E-state index contributed by atoms with van der Waals surface area (Å²) in [6.45, 7) is 25.1. The summed E-state index contributed by atoms with van der Waals surface area (Å²) in [5, 5.41) is 19.5. The molecular weight excluding hydrogens is 1080 g/mol. The van der Waals surface area contributed by atoms with Gasteiger partial charge in [-0.15, -0.1) is 0 Å². The number of ether oxygens (including phenoxy) is 1. The zero-order chi connectivity index (χ0) is 63.5. The molecule has 4 N–H and O–H groups in total. The molecule has 23 nitrogen and oxygen atoms in total. The van der Waals surface area contributed by atoms with Crippen LogP contribution in [0.25, 0.3) is 0 Å². The Bertz CT molecular complexity index is 2370. The van der Waals surface area contributed by atoms with Gasteiger partial charge in [0.15, 0.2) is 12.0 Å². The van der Waals surface area contributed by atoms with Gasteiger partial charge in [0.1, 0.15) is 61.0 Å². The summed E-state index contributed by atoms with van der Waals surface area (Å²) >= 11 is 0. The summed E-state index contributed by atoms with van der Waals surface area (Å²) in [6.07, 6.45) is -0.290. The van der Waals surface area contributed by atoms with E-state index in [1.54, 1.807) is 34.6 Å². The normalized spacial score (nSPS) is 28.6. The number of carbonyl (C=O) groups excluding carboxylic acids is 11. The standard InChI is InChI=1S/C61H104N10O13/c1-19-40-29-46(71(32-40)61(83)50(37(11)12)67(17)59(81)47(72)20-2)58(80)68(18)51-39(14)84-48(73)30-62-52(74)44(27-35(7)8)65(15)57(79)43-22-21-25-69(43)60(82)49(36(9)10)66(16)55(77)41(24-23-33(3)4)63-53(75)45-28-38(13)31-70(45)56(78)42(26-34(5)6)64-54(51)76/h33-46,49-51,59,81H,19-32H2,1-18H3,(H,62,74)(H,63,75)(H,64,76). The molecule has 9 amide bonds. The lowest BCUT2D eigenvalue weighted by molar-refractivity contribution is -0.160. The van der Waals surface area contributed by atoms with Gasteiger partial charge in [0.05, 0.1) is 6.04 Å². The third kappa shape index (κ3) is 17.3. The Morgan fingerprint density at radius 2 is 1.33 bits per heavy atom. The highest BCUT2D eigenvalue weighted by atomic mass is 16.5. The minimum atomic E-state index is -1.66. The van der Waals surface area contributed by atoms with E-state index in [0.29, 0.717) is 25.7 Å². The molecule has 84 heavy (non-hydrogen) atoms. The summed E-state index contributed by atoms with van der Waals surface area (Å²) in [4.78, 5) is 170. The number of likely N-dealkylation sites (N-methyl/N-ethyl adjacent to an activating group) is 4. The zero-order valence-electron chi connectivity index (χ0n) is 53.8. The van der Waals surface area contributed by atoms with Gasteiger partial charge in [0.2, 0.25) is 53.2 Å². The van der Waals surface area contributed by atoms with E-state index in [-0.39, 0.29) is 87.7 Å². The summed E-state index contributed by atoms with van der Waals surface area (Å²) in [6, 6.07) is -10.5. The second-order valence-corrected chi connectivity index (χ2v) is 26.4. The molecule has 0 aromatic rings. The maximum absolute atomic E-state index is 15.3. The van der Waals surface area contributed by atoms with Crippen molar-refractivity contribution in [2.75, 3.05) is 54.4 Å². The van der Waals surface area contributed by atoms with Crippen LogP contribution in [0.4, 0.5) is 0 Å². The molecule has 13 atom stereocenters. The molecule has 0 aromatic carbocycles. The molecule has 0 bridgehead atoms. The Hall–Kier alpha value is -5.71. The first-order chi connectivity index (χ1) is 39.2. The second-order valence-electron chi connectivity index (χ2n) is 26.4. The molecule has 4 fully saturated rings. The number of fused-ring (bicyclic) bond motifs is 2. The Balaban J connectivity index is 1.89. The van der Waals surface area contributed by atoms with Crippen molar-refractivity contribution < 1.29 is 62.6 Å². The van der Waals surface area contributed by atoms with Crippen LogP contribution in [0.15, 0.2) is 0 Å². The van der Waals surface area contributed by atoms with E-state index in [9.17, 15) is 43.5 Å². The minimum Gasteiger partial charge on any atom is -0.459 e. The quantitative estimate of drug-likeness (QED) is 0.121. The third-order valence-electron chi connectivity index (χ3n) is 17.4. The average Bonchev–Trinajstić information content (AvgIpc) is 4.27. The lowest BCUT2D eigenvalue weighted by Crippen LogP contribution is -2.62. The number of amides is 9. The van der Waals surface area contributed by atoms with Crippen LogP contribution in [-0.2, 0) is 57.5 Å². The van der Waals surface area contributed by atoms with Crippen molar-refractivity contribution in [3.63, 3.8) is 0 Å². The highest BCUT2D eigenvalue weighted by Gasteiger charge is 2.50. The number of hydrogen-bond donors (Lipinski definition) is 4. The number of esters is 1.